The topological polar surface area (TPSA) is 75.2 Å². The predicted molar refractivity (Wildman–Crippen MR) is 141 cm³/mol. The third-order valence-electron chi connectivity index (χ3n) is 6.01. The summed E-state index contributed by atoms with van der Waals surface area (Å²) in [6, 6.07) is 6.35. The summed E-state index contributed by atoms with van der Waals surface area (Å²) in [4.78, 5) is 19.1. The van der Waals surface area contributed by atoms with Gasteiger partial charge in [0.1, 0.15) is 5.75 Å². The van der Waals surface area contributed by atoms with Crippen LogP contribution < -0.4 is 15.4 Å². The summed E-state index contributed by atoms with van der Waals surface area (Å²) in [7, 11) is 1.73. The Morgan fingerprint density at radius 2 is 1.88 bits per heavy atom. The van der Waals surface area contributed by atoms with Gasteiger partial charge in [0.25, 0.3) is 0 Å². The van der Waals surface area contributed by atoms with Crippen LogP contribution in [0.2, 0.25) is 0 Å². The van der Waals surface area contributed by atoms with Gasteiger partial charge in [-0.2, -0.15) is 0 Å². The Balaban J connectivity index is 0.00000512. The van der Waals surface area contributed by atoms with E-state index in [0.29, 0.717) is 19.5 Å². The van der Waals surface area contributed by atoms with Gasteiger partial charge < -0.3 is 25.0 Å². The summed E-state index contributed by atoms with van der Waals surface area (Å²) in [5, 5.41) is 6.65. The molecule has 2 rings (SSSR count). The maximum atomic E-state index is 12.3. The number of rotatable bonds is 10. The molecule has 182 valence electrons. The quantitative estimate of drug-likeness (QED) is 0.261. The average molecular weight is 561 g/mol. The number of benzene rings is 1. The molecule has 1 aromatic carbocycles. The number of aliphatic imine (C=N–C) groups is 1. The van der Waals surface area contributed by atoms with Gasteiger partial charge in [0.2, 0.25) is 5.91 Å². The largest absolute Gasteiger partial charge is 0.496 e. The summed E-state index contributed by atoms with van der Waals surface area (Å²) in [5.74, 6) is 1.82. The number of nitrogens with zero attached hydrogens (tertiary/aromatic N) is 2. The molecule has 32 heavy (non-hydrogen) atoms. The molecule has 0 aliphatic carbocycles. The SMILES string of the molecule is CCNC(=NCC1(c2cc(C)ccc2OC)CCOCC1)NCCC(=O)N(CC)CC.I. The van der Waals surface area contributed by atoms with Crippen LogP contribution in [-0.2, 0) is 14.9 Å². The number of nitrogens with one attached hydrogen (secondary N) is 2. The van der Waals surface area contributed by atoms with E-state index in [1.807, 2.05) is 31.7 Å². The van der Waals surface area contributed by atoms with Crippen molar-refractivity contribution in [2.24, 2.45) is 4.99 Å². The van der Waals surface area contributed by atoms with Crippen molar-refractivity contribution in [1.29, 1.82) is 0 Å². The molecule has 0 unspecified atom stereocenters. The number of ether oxygens (including phenoxy) is 2. The highest BCUT2D eigenvalue weighted by molar-refractivity contribution is 14.0. The van der Waals surface area contributed by atoms with Gasteiger partial charge >= 0.3 is 0 Å². The molecule has 1 heterocycles. The lowest BCUT2D eigenvalue weighted by atomic mass is 9.73. The van der Waals surface area contributed by atoms with E-state index in [4.69, 9.17) is 14.5 Å². The molecular weight excluding hydrogens is 519 g/mol. The van der Waals surface area contributed by atoms with Crippen molar-refractivity contribution in [3.05, 3.63) is 29.3 Å². The van der Waals surface area contributed by atoms with Crippen molar-refractivity contribution in [2.45, 2.75) is 52.4 Å². The third kappa shape index (κ3) is 7.79. The lowest BCUT2D eigenvalue weighted by Gasteiger charge is -2.37. The van der Waals surface area contributed by atoms with Crippen molar-refractivity contribution in [3.8, 4) is 5.75 Å². The summed E-state index contributed by atoms with van der Waals surface area (Å²) in [5.41, 5.74) is 2.29. The average Bonchev–Trinajstić information content (AvgIpc) is 2.79. The highest BCUT2D eigenvalue weighted by Gasteiger charge is 2.37. The van der Waals surface area contributed by atoms with E-state index in [9.17, 15) is 4.79 Å². The Morgan fingerprint density at radius 1 is 1.19 bits per heavy atom. The van der Waals surface area contributed by atoms with E-state index in [1.54, 1.807) is 7.11 Å². The molecule has 1 aliphatic rings. The van der Waals surface area contributed by atoms with Gasteiger partial charge in [-0.25, -0.2) is 0 Å². The van der Waals surface area contributed by atoms with Crippen LogP contribution in [0, 0.1) is 6.92 Å². The van der Waals surface area contributed by atoms with E-state index in [1.165, 1.54) is 11.1 Å². The minimum absolute atomic E-state index is 0. The van der Waals surface area contributed by atoms with Crippen LogP contribution in [-0.4, -0.2) is 69.8 Å². The molecule has 0 atom stereocenters. The van der Waals surface area contributed by atoms with Crippen LogP contribution in [0.25, 0.3) is 0 Å². The number of hydrogen-bond donors (Lipinski definition) is 2. The molecule has 1 aliphatic heterocycles. The second-order valence-electron chi connectivity index (χ2n) is 8.03. The summed E-state index contributed by atoms with van der Waals surface area (Å²) in [6.07, 6.45) is 2.25. The summed E-state index contributed by atoms with van der Waals surface area (Å²) in [6.45, 7) is 13.0. The zero-order valence-corrected chi connectivity index (χ0v) is 22.7. The molecule has 1 aromatic rings. The Labute approximate surface area is 210 Å². The van der Waals surface area contributed by atoms with E-state index in [-0.39, 0.29) is 35.3 Å². The number of carbonyl (C=O) groups is 1. The fourth-order valence-corrected chi connectivity index (χ4v) is 4.11. The third-order valence-corrected chi connectivity index (χ3v) is 6.01. The number of amides is 1. The van der Waals surface area contributed by atoms with Crippen molar-refractivity contribution in [3.63, 3.8) is 0 Å². The standard InChI is InChI=1S/C24H40N4O3.HI/c1-6-25-23(26-14-11-22(29)28(7-2)8-3)27-18-24(12-15-31-16-13-24)20-17-19(4)9-10-21(20)30-5;/h9-10,17H,6-8,11-16,18H2,1-5H3,(H2,25,26,27);1H. The first-order chi connectivity index (χ1) is 15.0. The molecule has 0 bridgehead atoms. The fourth-order valence-electron chi connectivity index (χ4n) is 4.11. The molecular formula is C24H41IN4O3. The van der Waals surface area contributed by atoms with Gasteiger partial charge in [-0.05, 0) is 46.6 Å². The number of halogens is 1. The maximum Gasteiger partial charge on any atom is 0.224 e. The molecule has 1 saturated heterocycles. The first kappa shape index (κ1) is 28.5. The van der Waals surface area contributed by atoms with Crippen molar-refractivity contribution >= 4 is 35.8 Å². The van der Waals surface area contributed by atoms with E-state index in [0.717, 1.165) is 57.4 Å². The fraction of sp³-hybridized carbons (Fsp3) is 0.667. The van der Waals surface area contributed by atoms with Crippen molar-refractivity contribution in [2.75, 3.05) is 53.0 Å². The maximum absolute atomic E-state index is 12.3. The monoisotopic (exact) mass is 560 g/mol. The van der Waals surface area contributed by atoms with Gasteiger partial charge in [0.15, 0.2) is 5.96 Å². The van der Waals surface area contributed by atoms with Gasteiger partial charge in [0.05, 0.1) is 13.7 Å². The molecule has 0 spiro atoms. The van der Waals surface area contributed by atoms with Crippen LogP contribution >= 0.6 is 24.0 Å². The van der Waals surface area contributed by atoms with Crippen LogP contribution in [0.1, 0.15) is 51.2 Å². The normalized spacial score (nSPS) is 15.5. The van der Waals surface area contributed by atoms with E-state index < -0.39 is 0 Å². The highest BCUT2D eigenvalue weighted by atomic mass is 127. The number of hydrogen-bond acceptors (Lipinski definition) is 4. The molecule has 2 N–H and O–H groups in total. The minimum Gasteiger partial charge on any atom is -0.496 e. The number of carbonyl (C=O) groups excluding carboxylic acids is 1. The van der Waals surface area contributed by atoms with E-state index in [2.05, 4.69) is 29.7 Å². The number of guanidine groups is 1. The molecule has 1 amide bonds. The predicted octanol–water partition coefficient (Wildman–Crippen LogP) is 3.48. The molecule has 0 saturated carbocycles. The Morgan fingerprint density at radius 3 is 2.47 bits per heavy atom. The molecule has 1 fully saturated rings. The Hall–Kier alpha value is -1.55. The Kier molecular flexibility index (Phi) is 13.0. The van der Waals surface area contributed by atoms with Crippen LogP contribution in [0.3, 0.4) is 0 Å². The van der Waals surface area contributed by atoms with Gasteiger partial charge in [-0.1, -0.05) is 17.7 Å². The van der Waals surface area contributed by atoms with Crippen molar-refractivity contribution in [1.82, 2.24) is 15.5 Å². The van der Waals surface area contributed by atoms with Gasteiger partial charge in [-0.15, -0.1) is 24.0 Å². The lowest BCUT2D eigenvalue weighted by molar-refractivity contribution is -0.130. The zero-order valence-electron chi connectivity index (χ0n) is 20.3. The summed E-state index contributed by atoms with van der Waals surface area (Å²) >= 11 is 0. The smallest absolute Gasteiger partial charge is 0.224 e. The molecule has 8 heteroatoms. The second kappa shape index (κ2) is 14.6. The molecule has 0 aromatic heterocycles. The van der Waals surface area contributed by atoms with Gasteiger partial charge in [0, 0.05) is 56.8 Å². The zero-order chi connectivity index (χ0) is 22.7. The van der Waals surface area contributed by atoms with Crippen molar-refractivity contribution < 1.29 is 14.3 Å². The number of aryl methyl sites for hydroxylation is 1. The number of methoxy groups -OCH3 is 1. The summed E-state index contributed by atoms with van der Waals surface area (Å²) < 4.78 is 11.4. The van der Waals surface area contributed by atoms with Crippen LogP contribution in [0.5, 0.6) is 5.75 Å². The van der Waals surface area contributed by atoms with Gasteiger partial charge in [-0.3, -0.25) is 9.79 Å². The lowest BCUT2D eigenvalue weighted by Crippen LogP contribution is -2.42. The first-order valence-electron chi connectivity index (χ1n) is 11.5. The van der Waals surface area contributed by atoms with Crippen LogP contribution in [0.4, 0.5) is 0 Å². The Bertz CT molecular complexity index is 732. The molecule has 7 nitrogen and oxygen atoms in total. The first-order valence-corrected chi connectivity index (χ1v) is 11.5. The second-order valence-corrected chi connectivity index (χ2v) is 8.03. The minimum atomic E-state index is -0.130. The molecule has 0 radical (unpaired) electrons. The van der Waals surface area contributed by atoms with Crippen LogP contribution in [0.15, 0.2) is 23.2 Å². The van der Waals surface area contributed by atoms with E-state index >= 15 is 0 Å². The highest BCUT2D eigenvalue weighted by Crippen LogP contribution is 2.40.